The Balaban J connectivity index is 1.00. The van der Waals surface area contributed by atoms with Crippen LogP contribution in [0.3, 0.4) is 0 Å². The lowest BCUT2D eigenvalue weighted by Crippen LogP contribution is -2.39. The summed E-state index contributed by atoms with van der Waals surface area (Å²) < 4.78 is 0. The Hall–Kier alpha value is -7.37. The van der Waals surface area contributed by atoms with E-state index >= 15 is 0 Å². The molecule has 0 saturated carbocycles. The van der Waals surface area contributed by atoms with E-state index in [0.717, 1.165) is 0 Å². The average Bonchev–Trinajstić information content (AvgIpc) is 3.60. The molecule has 13 rings (SSSR count). The van der Waals surface area contributed by atoms with Crippen molar-refractivity contribution < 1.29 is 0 Å². The predicted octanol–water partition coefficient (Wildman–Crippen LogP) is 18.7. The summed E-state index contributed by atoms with van der Waals surface area (Å²) in [5.41, 5.74) is 15.9. The number of fused-ring (bicyclic) bond motifs is 9. The van der Waals surface area contributed by atoms with Gasteiger partial charge in [-0.2, -0.15) is 0 Å². The normalized spacial score (nSPS) is 13.5. The second-order valence-electron chi connectivity index (χ2n) is 22.7. The molecule has 0 N–H and O–H groups in total. The SMILES string of the molecule is CC1(C)c2cc(-c3c4ccccc4c(-c4c([Si](C)(C)C)ccc5ccccc45)c4ccccc34)ccc2-c2ccc(-c3c4ccccc4c(-c4c([Si](C)(C)C)ccc5ccccc45)c4ccccc34)cc21. The monoisotopic (exact) mass is 942 g/mol. The molecule has 0 unspecified atom stereocenters. The second kappa shape index (κ2) is 15.8. The highest BCUT2D eigenvalue weighted by Crippen LogP contribution is 2.54. The van der Waals surface area contributed by atoms with Gasteiger partial charge in [-0.3, -0.25) is 0 Å². The van der Waals surface area contributed by atoms with E-state index in [-0.39, 0.29) is 5.41 Å². The summed E-state index contributed by atoms with van der Waals surface area (Å²) in [5, 5.41) is 18.7. The molecule has 0 heterocycles. The predicted molar refractivity (Wildman–Crippen MR) is 317 cm³/mol. The van der Waals surface area contributed by atoms with Crippen molar-refractivity contribution in [1.29, 1.82) is 0 Å². The Morgan fingerprint density at radius 2 is 0.549 bits per heavy atom. The first kappa shape index (κ1) is 43.6. The van der Waals surface area contributed by atoms with Crippen LogP contribution >= 0.6 is 0 Å². The van der Waals surface area contributed by atoms with Crippen LogP contribution < -0.4 is 10.4 Å². The zero-order valence-electron chi connectivity index (χ0n) is 42.1. The Labute approximate surface area is 420 Å². The van der Waals surface area contributed by atoms with E-state index in [9.17, 15) is 0 Å². The van der Waals surface area contributed by atoms with Crippen molar-refractivity contribution in [3.8, 4) is 55.6 Å². The van der Waals surface area contributed by atoms with E-state index in [1.165, 1.54) is 142 Å². The minimum atomic E-state index is -1.78. The first-order valence-corrected chi connectivity index (χ1v) is 32.5. The summed E-state index contributed by atoms with van der Waals surface area (Å²) in [5.74, 6) is 0. The number of hydrogen-bond donors (Lipinski definition) is 0. The van der Waals surface area contributed by atoms with E-state index < -0.39 is 16.1 Å². The molecule has 12 aromatic rings. The maximum Gasteiger partial charge on any atom is 0.0784 e. The molecule has 0 amide bonds. The van der Waals surface area contributed by atoms with Gasteiger partial charge in [0.15, 0.2) is 0 Å². The fraction of sp³-hybridized carbons (Fsp3) is 0.130. The molecule has 0 nitrogen and oxygen atoms in total. The van der Waals surface area contributed by atoms with Crippen LogP contribution in [-0.4, -0.2) is 16.1 Å². The average molecular weight is 943 g/mol. The van der Waals surface area contributed by atoms with Crippen LogP contribution in [0.5, 0.6) is 0 Å². The number of hydrogen-bond acceptors (Lipinski definition) is 0. The molecule has 71 heavy (non-hydrogen) atoms. The molecular formula is C69H58Si2. The van der Waals surface area contributed by atoms with Crippen molar-refractivity contribution in [2.75, 3.05) is 0 Å². The van der Waals surface area contributed by atoms with Crippen molar-refractivity contribution in [2.24, 2.45) is 0 Å². The van der Waals surface area contributed by atoms with Gasteiger partial charge in [0.2, 0.25) is 0 Å². The first-order chi connectivity index (χ1) is 34.3. The van der Waals surface area contributed by atoms with Crippen molar-refractivity contribution in [2.45, 2.75) is 58.5 Å². The van der Waals surface area contributed by atoms with Crippen molar-refractivity contribution in [3.63, 3.8) is 0 Å². The fourth-order valence-electron chi connectivity index (χ4n) is 12.8. The molecule has 342 valence electrons. The Kier molecular flexibility index (Phi) is 9.72. The molecule has 0 bridgehead atoms. The largest absolute Gasteiger partial charge is 0.0784 e. The molecule has 0 spiro atoms. The zero-order chi connectivity index (χ0) is 48.6. The summed E-state index contributed by atoms with van der Waals surface area (Å²) >= 11 is 0. The van der Waals surface area contributed by atoms with E-state index in [1.54, 1.807) is 0 Å². The smallest absolute Gasteiger partial charge is 0.0656 e. The molecule has 0 aliphatic heterocycles. The molecule has 0 radical (unpaired) electrons. The first-order valence-electron chi connectivity index (χ1n) is 25.5. The lowest BCUT2D eigenvalue weighted by atomic mass is 9.79. The van der Waals surface area contributed by atoms with Crippen molar-refractivity contribution >= 4 is 91.2 Å². The zero-order valence-corrected chi connectivity index (χ0v) is 44.1. The van der Waals surface area contributed by atoms with Gasteiger partial charge in [0.1, 0.15) is 0 Å². The Morgan fingerprint density at radius 1 is 0.268 bits per heavy atom. The second-order valence-corrected chi connectivity index (χ2v) is 32.8. The van der Waals surface area contributed by atoms with E-state index in [2.05, 4.69) is 259 Å². The molecule has 1 aliphatic carbocycles. The fourth-order valence-corrected chi connectivity index (χ4v) is 16.0. The Morgan fingerprint density at radius 3 is 0.859 bits per heavy atom. The highest BCUT2D eigenvalue weighted by molar-refractivity contribution is 6.90. The van der Waals surface area contributed by atoms with E-state index in [1.807, 2.05) is 0 Å². The van der Waals surface area contributed by atoms with Gasteiger partial charge >= 0.3 is 0 Å². The quantitative estimate of drug-likeness (QED) is 0.115. The third-order valence-electron chi connectivity index (χ3n) is 16.1. The molecule has 0 saturated heterocycles. The van der Waals surface area contributed by atoms with Crippen LogP contribution in [-0.2, 0) is 5.41 Å². The summed E-state index contributed by atoms with van der Waals surface area (Å²) in [4.78, 5) is 0. The third-order valence-corrected chi connectivity index (χ3v) is 20.2. The topological polar surface area (TPSA) is 0 Å². The molecule has 12 aromatic carbocycles. The third kappa shape index (κ3) is 6.61. The van der Waals surface area contributed by atoms with Crippen molar-refractivity contribution in [3.05, 3.63) is 217 Å². The van der Waals surface area contributed by atoms with Gasteiger partial charge in [0.05, 0.1) is 16.1 Å². The highest BCUT2D eigenvalue weighted by Gasteiger charge is 2.37. The lowest BCUT2D eigenvalue weighted by Gasteiger charge is -2.26. The maximum absolute atomic E-state index is 2.54. The van der Waals surface area contributed by atoms with Crippen LogP contribution in [0, 0.1) is 0 Å². The van der Waals surface area contributed by atoms with Crippen LogP contribution in [0.4, 0.5) is 0 Å². The van der Waals surface area contributed by atoms with Gasteiger partial charge in [-0.25, -0.2) is 0 Å². The van der Waals surface area contributed by atoms with E-state index in [0.29, 0.717) is 0 Å². The molecule has 1 aliphatic rings. The van der Waals surface area contributed by atoms with Gasteiger partial charge < -0.3 is 0 Å². The van der Waals surface area contributed by atoms with Gasteiger partial charge in [-0.15, -0.1) is 0 Å². The standard InChI is InChI=1S/C69H58Si2/c1-69(2)59-41-45(63-51-25-13-17-29-55(51)65(56-30-18-14-26-52(56)63)67-47-23-11-9-21-43(47)35-39-61(67)70(3,4)5)33-37-49(59)50-38-34-46(42-60(50)69)64-53-27-15-19-31-57(53)66(58-32-20-16-28-54(58)64)68-48-24-12-10-22-44(48)36-40-62(68)71(6,7)8/h9-42H,1-8H3. The summed E-state index contributed by atoms with van der Waals surface area (Å²) in [6, 6.07) is 79.1. The van der Waals surface area contributed by atoms with Gasteiger partial charge in [-0.1, -0.05) is 258 Å². The minimum Gasteiger partial charge on any atom is -0.0656 e. The summed E-state index contributed by atoms with van der Waals surface area (Å²) in [6.45, 7) is 19.8. The molecule has 0 fully saturated rings. The number of rotatable bonds is 6. The van der Waals surface area contributed by atoms with Crippen LogP contribution in [0.15, 0.2) is 206 Å². The maximum atomic E-state index is 2.54. The molecule has 0 aromatic heterocycles. The van der Waals surface area contributed by atoms with Crippen LogP contribution in [0.25, 0.3) is 120 Å². The van der Waals surface area contributed by atoms with Crippen molar-refractivity contribution in [1.82, 2.24) is 0 Å². The molecular weight excluding hydrogens is 885 g/mol. The van der Waals surface area contributed by atoms with Gasteiger partial charge in [0.25, 0.3) is 0 Å². The molecule has 2 heteroatoms. The number of benzene rings is 12. The lowest BCUT2D eigenvalue weighted by molar-refractivity contribution is 0.661. The minimum absolute atomic E-state index is 0.238. The van der Waals surface area contributed by atoms with Crippen LogP contribution in [0.2, 0.25) is 39.3 Å². The van der Waals surface area contributed by atoms with Gasteiger partial charge in [-0.05, 0) is 144 Å². The summed E-state index contributed by atoms with van der Waals surface area (Å²) in [7, 11) is -3.55. The summed E-state index contributed by atoms with van der Waals surface area (Å²) in [6.07, 6.45) is 0. The Bertz CT molecular complexity index is 3830. The van der Waals surface area contributed by atoms with Gasteiger partial charge in [0, 0.05) is 5.41 Å². The van der Waals surface area contributed by atoms with Crippen LogP contribution in [0.1, 0.15) is 25.0 Å². The van der Waals surface area contributed by atoms with E-state index in [4.69, 9.17) is 0 Å². The molecule has 0 atom stereocenters. The highest BCUT2D eigenvalue weighted by atomic mass is 28.3.